The van der Waals surface area contributed by atoms with Gasteiger partial charge in [0.15, 0.2) is 0 Å². The fraction of sp³-hybridized carbons (Fsp3) is 0.429. The van der Waals surface area contributed by atoms with E-state index in [4.69, 9.17) is 0 Å². The van der Waals surface area contributed by atoms with Gasteiger partial charge in [-0.05, 0) is 42.9 Å². The lowest BCUT2D eigenvalue weighted by molar-refractivity contribution is -0.0401. The van der Waals surface area contributed by atoms with E-state index in [2.05, 4.69) is 36.1 Å². The first-order valence-electron chi connectivity index (χ1n) is 8.84. The predicted molar refractivity (Wildman–Crippen MR) is 93.2 cm³/mol. The standard InChI is InChI=1S/C21H25NO/c1-2-22-19-14-13-16(15-19)20(22)21(23,17-9-5-3-6-10-17)18-11-7-4-8-12-18/h3-12,16,19-20,23H,2,13-15H2,1H3/t16-,19+,20+/m1/s1. The molecule has 1 N–H and O–H groups in total. The van der Waals surface area contributed by atoms with Gasteiger partial charge in [-0.25, -0.2) is 0 Å². The van der Waals surface area contributed by atoms with Crippen LogP contribution in [0.15, 0.2) is 60.7 Å². The molecule has 1 aliphatic carbocycles. The maximum atomic E-state index is 12.0. The van der Waals surface area contributed by atoms with Crippen LogP contribution < -0.4 is 0 Å². The van der Waals surface area contributed by atoms with Gasteiger partial charge in [0.05, 0.1) is 0 Å². The van der Waals surface area contributed by atoms with Crippen LogP contribution in [0.1, 0.15) is 37.3 Å². The Labute approximate surface area is 138 Å². The summed E-state index contributed by atoms with van der Waals surface area (Å²) in [6, 6.07) is 21.3. The maximum absolute atomic E-state index is 12.0. The Balaban J connectivity index is 1.86. The van der Waals surface area contributed by atoms with Gasteiger partial charge in [-0.3, -0.25) is 4.90 Å². The lowest BCUT2D eigenvalue weighted by Crippen LogP contribution is -2.54. The second-order valence-corrected chi connectivity index (χ2v) is 7.00. The molecule has 1 saturated heterocycles. The summed E-state index contributed by atoms with van der Waals surface area (Å²) in [4.78, 5) is 2.55. The van der Waals surface area contributed by atoms with E-state index in [9.17, 15) is 5.11 Å². The molecular formula is C21H25NO. The SMILES string of the molecule is CCN1[C@H]2CC[C@H](C2)[C@H]1C(O)(c1ccccc1)c1ccccc1. The van der Waals surface area contributed by atoms with Crippen molar-refractivity contribution in [3.05, 3.63) is 71.8 Å². The molecule has 0 radical (unpaired) electrons. The Hall–Kier alpha value is -1.64. The summed E-state index contributed by atoms with van der Waals surface area (Å²) in [5.41, 5.74) is 1.10. The monoisotopic (exact) mass is 307 g/mol. The van der Waals surface area contributed by atoms with E-state index in [0.717, 1.165) is 17.7 Å². The predicted octanol–water partition coefficient (Wildman–Crippen LogP) is 3.80. The largest absolute Gasteiger partial charge is 0.379 e. The number of hydrogen-bond acceptors (Lipinski definition) is 2. The molecule has 1 heterocycles. The van der Waals surface area contributed by atoms with Gasteiger partial charge >= 0.3 is 0 Å². The molecule has 23 heavy (non-hydrogen) atoms. The second-order valence-electron chi connectivity index (χ2n) is 7.00. The minimum atomic E-state index is -0.932. The average Bonchev–Trinajstić information content (AvgIpc) is 3.23. The lowest BCUT2D eigenvalue weighted by Gasteiger charge is -2.45. The first kappa shape index (κ1) is 14.9. The number of benzene rings is 2. The first-order chi connectivity index (χ1) is 11.2. The summed E-state index contributed by atoms with van der Waals surface area (Å²) >= 11 is 0. The third kappa shape index (κ3) is 2.24. The van der Waals surface area contributed by atoms with Crippen molar-refractivity contribution in [1.29, 1.82) is 0 Å². The number of fused-ring (bicyclic) bond motifs is 2. The van der Waals surface area contributed by atoms with Crippen LogP contribution >= 0.6 is 0 Å². The van der Waals surface area contributed by atoms with E-state index in [0.29, 0.717) is 12.0 Å². The van der Waals surface area contributed by atoms with Gasteiger partial charge in [0.1, 0.15) is 5.60 Å². The molecule has 2 heteroatoms. The summed E-state index contributed by atoms with van der Waals surface area (Å²) < 4.78 is 0. The highest BCUT2D eigenvalue weighted by Gasteiger charge is 2.55. The average molecular weight is 307 g/mol. The van der Waals surface area contributed by atoms with Gasteiger partial charge < -0.3 is 5.11 Å². The number of likely N-dealkylation sites (N-methyl/N-ethyl adjacent to an activating group) is 1. The molecule has 3 atom stereocenters. The normalized spacial score (nSPS) is 27.5. The molecule has 0 aromatic heterocycles. The number of aliphatic hydroxyl groups is 1. The fourth-order valence-corrected chi connectivity index (χ4v) is 5.01. The van der Waals surface area contributed by atoms with Gasteiger partial charge in [0.25, 0.3) is 0 Å². The van der Waals surface area contributed by atoms with Crippen molar-refractivity contribution in [2.75, 3.05) is 6.54 Å². The van der Waals surface area contributed by atoms with Crippen molar-refractivity contribution in [2.45, 2.75) is 43.9 Å². The summed E-state index contributed by atoms with van der Waals surface area (Å²) in [6.07, 6.45) is 3.77. The quantitative estimate of drug-likeness (QED) is 0.929. The first-order valence-corrected chi connectivity index (χ1v) is 8.84. The van der Waals surface area contributed by atoms with E-state index in [1.54, 1.807) is 0 Å². The molecule has 2 aromatic carbocycles. The van der Waals surface area contributed by atoms with Crippen LogP contribution in [0, 0.1) is 5.92 Å². The van der Waals surface area contributed by atoms with Gasteiger partial charge in [-0.15, -0.1) is 0 Å². The zero-order valence-electron chi connectivity index (χ0n) is 13.7. The third-order valence-corrected chi connectivity index (χ3v) is 5.94. The topological polar surface area (TPSA) is 23.5 Å². The van der Waals surface area contributed by atoms with Crippen LogP contribution in [0.25, 0.3) is 0 Å². The molecule has 1 saturated carbocycles. The van der Waals surface area contributed by atoms with Crippen LogP contribution in [0.5, 0.6) is 0 Å². The number of likely N-dealkylation sites (tertiary alicyclic amines) is 1. The number of piperidine rings is 1. The number of nitrogens with zero attached hydrogens (tertiary/aromatic N) is 1. The highest BCUT2D eigenvalue weighted by Crippen LogP contribution is 2.50. The van der Waals surface area contributed by atoms with E-state index >= 15 is 0 Å². The molecule has 120 valence electrons. The lowest BCUT2D eigenvalue weighted by atomic mass is 9.74. The molecule has 2 aliphatic rings. The minimum absolute atomic E-state index is 0.177. The Morgan fingerprint density at radius 3 is 2.04 bits per heavy atom. The van der Waals surface area contributed by atoms with Crippen molar-refractivity contribution in [3.63, 3.8) is 0 Å². The molecular weight excluding hydrogens is 282 g/mol. The molecule has 2 bridgehead atoms. The van der Waals surface area contributed by atoms with Crippen LogP contribution in [-0.2, 0) is 5.60 Å². The summed E-state index contributed by atoms with van der Waals surface area (Å²) in [6.45, 7) is 3.23. The van der Waals surface area contributed by atoms with Crippen molar-refractivity contribution < 1.29 is 5.11 Å². The second kappa shape index (κ2) is 5.77. The van der Waals surface area contributed by atoms with Crippen LogP contribution in [0.4, 0.5) is 0 Å². The van der Waals surface area contributed by atoms with Crippen molar-refractivity contribution >= 4 is 0 Å². The Morgan fingerprint density at radius 2 is 1.52 bits per heavy atom. The van der Waals surface area contributed by atoms with Crippen LogP contribution in [0.2, 0.25) is 0 Å². The molecule has 0 spiro atoms. The summed E-state index contributed by atoms with van der Waals surface area (Å²) in [5, 5.41) is 12.0. The number of rotatable bonds is 4. The van der Waals surface area contributed by atoms with E-state index in [1.165, 1.54) is 19.3 Å². The van der Waals surface area contributed by atoms with Crippen LogP contribution in [-0.4, -0.2) is 28.6 Å². The van der Waals surface area contributed by atoms with Crippen molar-refractivity contribution in [3.8, 4) is 0 Å². The molecule has 2 nitrogen and oxygen atoms in total. The van der Waals surface area contributed by atoms with E-state index < -0.39 is 5.60 Å². The Morgan fingerprint density at radius 1 is 0.957 bits per heavy atom. The Bertz CT molecular complexity index is 615. The van der Waals surface area contributed by atoms with E-state index in [1.807, 2.05) is 36.4 Å². The molecule has 0 unspecified atom stereocenters. The molecule has 2 aromatic rings. The van der Waals surface area contributed by atoms with Crippen molar-refractivity contribution in [2.24, 2.45) is 5.92 Å². The van der Waals surface area contributed by atoms with Crippen molar-refractivity contribution in [1.82, 2.24) is 4.90 Å². The third-order valence-electron chi connectivity index (χ3n) is 5.94. The molecule has 4 rings (SSSR count). The summed E-state index contributed by atoms with van der Waals surface area (Å²) in [7, 11) is 0. The molecule has 0 amide bonds. The highest BCUT2D eigenvalue weighted by atomic mass is 16.3. The van der Waals surface area contributed by atoms with Gasteiger partial charge in [0.2, 0.25) is 0 Å². The minimum Gasteiger partial charge on any atom is -0.379 e. The Kier molecular flexibility index (Phi) is 3.74. The van der Waals surface area contributed by atoms with Crippen LogP contribution in [0.3, 0.4) is 0 Å². The van der Waals surface area contributed by atoms with Gasteiger partial charge in [-0.2, -0.15) is 0 Å². The molecule has 2 fully saturated rings. The zero-order chi connectivity index (χ0) is 15.9. The summed E-state index contributed by atoms with van der Waals surface area (Å²) in [5.74, 6) is 0.588. The maximum Gasteiger partial charge on any atom is 0.130 e. The van der Waals surface area contributed by atoms with E-state index in [-0.39, 0.29) is 6.04 Å². The van der Waals surface area contributed by atoms with Gasteiger partial charge in [0, 0.05) is 12.1 Å². The molecule has 1 aliphatic heterocycles. The number of hydrogen-bond donors (Lipinski definition) is 1. The zero-order valence-corrected chi connectivity index (χ0v) is 13.7. The fourth-order valence-electron chi connectivity index (χ4n) is 5.01. The van der Waals surface area contributed by atoms with Gasteiger partial charge in [-0.1, -0.05) is 67.6 Å². The smallest absolute Gasteiger partial charge is 0.130 e. The highest BCUT2D eigenvalue weighted by molar-refractivity contribution is 5.39.